The van der Waals surface area contributed by atoms with Crippen molar-refractivity contribution in [3.63, 3.8) is 0 Å². The van der Waals surface area contributed by atoms with E-state index in [-0.39, 0.29) is 10.8 Å². The van der Waals surface area contributed by atoms with Gasteiger partial charge in [-0.2, -0.15) is 0 Å². The highest BCUT2D eigenvalue weighted by Gasteiger charge is 2.17. The fraction of sp³-hybridized carbons (Fsp3) is 0.333. The van der Waals surface area contributed by atoms with Gasteiger partial charge in [0.1, 0.15) is 0 Å². The van der Waals surface area contributed by atoms with Crippen LogP contribution in [0.25, 0.3) is 0 Å². The predicted octanol–water partition coefficient (Wildman–Crippen LogP) is 6.27. The van der Waals surface area contributed by atoms with Gasteiger partial charge in [-0.1, -0.05) is 74.8 Å². The minimum atomic E-state index is -0.212. The maximum atomic E-state index is 6.59. The molecule has 2 aromatic rings. The molecule has 0 saturated carbocycles. The minimum absolute atomic E-state index is 0.154. The van der Waals surface area contributed by atoms with E-state index in [1.54, 1.807) is 0 Å². The molecule has 0 bridgehead atoms. The number of rotatable bonds is 2. The largest absolute Gasteiger partial charge is 0.113 e. The summed E-state index contributed by atoms with van der Waals surface area (Å²) in [6.45, 7) is 8.62. The number of alkyl halides is 1. The molecule has 2 heteroatoms. The average molecular weight is 307 g/mol. The van der Waals surface area contributed by atoms with E-state index in [9.17, 15) is 0 Å². The van der Waals surface area contributed by atoms with Crippen LogP contribution in [0.2, 0.25) is 5.02 Å². The van der Waals surface area contributed by atoms with Crippen LogP contribution in [0.15, 0.2) is 42.5 Å². The normalized spacial score (nSPS) is 13.3. The van der Waals surface area contributed by atoms with Gasteiger partial charge in [0.25, 0.3) is 0 Å². The molecule has 0 spiro atoms. The lowest BCUT2D eigenvalue weighted by Gasteiger charge is -2.20. The molecule has 0 nitrogen and oxygen atoms in total. The second-order valence-corrected chi connectivity index (χ2v) is 7.03. The first-order valence-electron chi connectivity index (χ1n) is 6.80. The van der Waals surface area contributed by atoms with E-state index in [1.807, 2.05) is 25.1 Å². The molecule has 1 unspecified atom stereocenters. The van der Waals surface area contributed by atoms with Crippen LogP contribution in [0.3, 0.4) is 0 Å². The van der Waals surface area contributed by atoms with Gasteiger partial charge in [-0.3, -0.25) is 0 Å². The van der Waals surface area contributed by atoms with E-state index < -0.39 is 0 Å². The Morgan fingerprint density at radius 2 is 1.55 bits per heavy atom. The van der Waals surface area contributed by atoms with E-state index in [0.29, 0.717) is 0 Å². The highest BCUT2D eigenvalue weighted by molar-refractivity contribution is 6.33. The van der Waals surface area contributed by atoms with E-state index >= 15 is 0 Å². The second-order valence-electron chi connectivity index (χ2n) is 6.21. The van der Waals surface area contributed by atoms with Crippen LogP contribution < -0.4 is 0 Å². The summed E-state index contributed by atoms with van der Waals surface area (Å²) in [5, 5.41) is 0.545. The fourth-order valence-electron chi connectivity index (χ4n) is 2.20. The van der Waals surface area contributed by atoms with Gasteiger partial charge in [-0.25, -0.2) is 0 Å². The quantitative estimate of drug-likeness (QED) is 0.573. The molecule has 1 atom stereocenters. The Balaban J connectivity index is 2.34. The summed E-state index contributed by atoms with van der Waals surface area (Å²) in [5.74, 6) is 0. The number of benzene rings is 2. The maximum Gasteiger partial charge on any atom is 0.0849 e. The van der Waals surface area contributed by atoms with Gasteiger partial charge in [0.2, 0.25) is 0 Å². The molecule has 0 N–H and O–H groups in total. The lowest BCUT2D eigenvalue weighted by atomic mass is 9.86. The van der Waals surface area contributed by atoms with Gasteiger partial charge < -0.3 is 0 Å². The lowest BCUT2D eigenvalue weighted by Crippen LogP contribution is -2.10. The smallest absolute Gasteiger partial charge is 0.0849 e. The van der Waals surface area contributed by atoms with Crippen molar-refractivity contribution in [2.75, 3.05) is 0 Å². The van der Waals surface area contributed by atoms with Crippen molar-refractivity contribution in [2.45, 2.75) is 38.5 Å². The fourth-order valence-corrected chi connectivity index (χ4v) is 2.82. The van der Waals surface area contributed by atoms with E-state index in [1.165, 1.54) is 5.56 Å². The van der Waals surface area contributed by atoms with Crippen LogP contribution in [0.1, 0.15) is 48.4 Å². The van der Waals surface area contributed by atoms with Crippen molar-refractivity contribution in [2.24, 2.45) is 0 Å². The summed E-state index contributed by atoms with van der Waals surface area (Å²) in [7, 11) is 0. The Morgan fingerprint density at radius 3 is 2.10 bits per heavy atom. The van der Waals surface area contributed by atoms with Crippen LogP contribution in [0.4, 0.5) is 0 Å². The van der Waals surface area contributed by atoms with Crippen molar-refractivity contribution in [3.8, 4) is 0 Å². The zero-order chi connectivity index (χ0) is 14.9. The zero-order valence-electron chi connectivity index (χ0n) is 12.4. The Morgan fingerprint density at radius 1 is 0.950 bits per heavy atom. The summed E-state index contributed by atoms with van der Waals surface area (Å²) in [6, 6.07) is 14.5. The molecule has 0 saturated heterocycles. The Kier molecular flexibility index (Phi) is 4.46. The van der Waals surface area contributed by atoms with Crippen LogP contribution in [-0.2, 0) is 5.41 Å². The van der Waals surface area contributed by atoms with Gasteiger partial charge in [0.15, 0.2) is 0 Å². The molecular weight excluding hydrogens is 287 g/mol. The molecule has 2 rings (SSSR count). The topological polar surface area (TPSA) is 0 Å². The predicted molar refractivity (Wildman–Crippen MR) is 89.0 cm³/mol. The molecule has 0 aliphatic rings. The number of halogens is 2. The van der Waals surface area contributed by atoms with Crippen molar-refractivity contribution in [3.05, 3.63) is 69.7 Å². The maximum absolute atomic E-state index is 6.59. The summed E-state index contributed by atoms with van der Waals surface area (Å²) < 4.78 is 0. The standard InChI is InChI=1S/C18H20Cl2/c1-12-6-5-7-15(16(12)19)17(20)13-8-10-14(11-9-13)18(2,3)4/h5-11,17H,1-4H3. The Labute approximate surface area is 131 Å². The van der Waals surface area contributed by atoms with Crippen molar-refractivity contribution < 1.29 is 0 Å². The van der Waals surface area contributed by atoms with Crippen LogP contribution >= 0.6 is 23.2 Å². The zero-order valence-corrected chi connectivity index (χ0v) is 13.9. The molecule has 20 heavy (non-hydrogen) atoms. The van der Waals surface area contributed by atoms with Crippen molar-refractivity contribution >= 4 is 23.2 Å². The molecule has 106 valence electrons. The summed E-state index contributed by atoms with van der Waals surface area (Å²) in [6.07, 6.45) is 0. The third kappa shape index (κ3) is 3.19. The average Bonchev–Trinajstić information content (AvgIpc) is 2.40. The summed E-state index contributed by atoms with van der Waals surface area (Å²) >= 11 is 12.9. The molecule has 2 aromatic carbocycles. The van der Waals surface area contributed by atoms with Crippen molar-refractivity contribution in [1.82, 2.24) is 0 Å². The molecule has 0 aliphatic carbocycles. The SMILES string of the molecule is Cc1cccc(C(Cl)c2ccc(C(C)(C)C)cc2)c1Cl. The lowest BCUT2D eigenvalue weighted by molar-refractivity contribution is 0.590. The molecule has 0 heterocycles. The van der Waals surface area contributed by atoms with E-state index in [2.05, 4.69) is 45.0 Å². The second kappa shape index (κ2) is 5.79. The highest BCUT2D eigenvalue weighted by Crippen LogP contribution is 2.35. The van der Waals surface area contributed by atoms with Crippen molar-refractivity contribution in [1.29, 1.82) is 0 Å². The van der Waals surface area contributed by atoms with Gasteiger partial charge >= 0.3 is 0 Å². The first kappa shape index (κ1) is 15.4. The third-order valence-corrected chi connectivity index (χ3v) is 4.57. The van der Waals surface area contributed by atoms with Gasteiger partial charge in [0.05, 0.1) is 5.38 Å². The molecule has 0 fully saturated rings. The van der Waals surface area contributed by atoms with Gasteiger partial charge in [-0.05, 0) is 34.6 Å². The Hall–Kier alpha value is -0.980. The van der Waals surface area contributed by atoms with E-state index in [0.717, 1.165) is 21.7 Å². The van der Waals surface area contributed by atoms with Crippen LogP contribution in [0, 0.1) is 6.92 Å². The number of hydrogen-bond donors (Lipinski definition) is 0. The molecule has 0 aromatic heterocycles. The van der Waals surface area contributed by atoms with Gasteiger partial charge in [-0.15, -0.1) is 11.6 Å². The Bertz CT molecular complexity index is 592. The number of hydrogen-bond acceptors (Lipinski definition) is 0. The molecule has 0 radical (unpaired) electrons. The van der Waals surface area contributed by atoms with Crippen LogP contribution in [0.5, 0.6) is 0 Å². The van der Waals surface area contributed by atoms with Crippen LogP contribution in [-0.4, -0.2) is 0 Å². The summed E-state index contributed by atoms with van der Waals surface area (Å²) in [4.78, 5) is 0. The number of aryl methyl sites for hydroxylation is 1. The summed E-state index contributed by atoms with van der Waals surface area (Å²) in [5.41, 5.74) is 4.56. The van der Waals surface area contributed by atoms with Gasteiger partial charge in [0, 0.05) is 5.02 Å². The monoisotopic (exact) mass is 306 g/mol. The van der Waals surface area contributed by atoms with E-state index in [4.69, 9.17) is 23.2 Å². The molecule has 0 amide bonds. The first-order valence-corrected chi connectivity index (χ1v) is 7.61. The first-order chi connectivity index (χ1) is 9.30. The molecule has 0 aliphatic heterocycles. The molecular formula is C18H20Cl2. The minimum Gasteiger partial charge on any atom is -0.113 e. The third-order valence-electron chi connectivity index (χ3n) is 3.56. The highest BCUT2D eigenvalue weighted by atomic mass is 35.5.